The average Bonchev–Trinajstić information content (AvgIpc) is 2.03. The number of pyridine rings is 1. The summed E-state index contributed by atoms with van der Waals surface area (Å²) in [6.07, 6.45) is -3.80. The number of rotatable bonds is 1. The quantitative estimate of drug-likeness (QED) is 0.557. The molecule has 0 unspecified atom stereocenters. The molecule has 0 radical (unpaired) electrons. The van der Waals surface area contributed by atoms with Crippen molar-refractivity contribution in [2.75, 3.05) is 0 Å². The standard InChI is InChI=1S/C7H4BrF4N/c8-2-6-5(7(10,11)12)1-4(9)3-13-6/h1,3H,2H2. The molecule has 1 heterocycles. The van der Waals surface area contributed by atoms with Crippen LogP contribution in [0.3, 0.4) is 0 Å². The van der Waals surface area contributed by atoms with Crippen molar-refractivity contribution in [3.63, 3.8) is 0 Å². The largest absolute Gasteiger partial charge is 0.418 e. The number of halogens is 5. The summed E-state index contributed by atoms with van der Waals surface area (Å²) in [5, 5.41) is -0.0534. The third kappa shape index (κ3) is 2.40. The Morgan fingerprint density at radius 2 is 2.00 bits per heavy atom. The first kappa shape index (κ1) is 10.4. The molecule has 0 atom stereocenters. The molecule has 1 aromatic heterocycles. The van der Waals surface area contributed by atoms with E-state index in [9.17, 15) is 17.6 Å². The van der Waals surface area contributed by atoms with Crippen molar-refractivity contribution in [3.8, 4) is 0 Å². The minimum atomic E-state index is -4.56. The topological polar surface area (TPSA) is 12.9 Å². The molecule has 72 valence electrons. The van der Waals surface area contributed by atoms with Gasteiger partial charge in [0.1, 0.15) is 5.82 Å². The second-order valence-corrected chi connectivity index (χ2v) is 2.84. The predicted octanol–water partition coefficient (Wildman–Crippen LogP) is 3.13. The van der Waals surface area contributed by atoms with E-state index in [1.54, 1.807) is 0 Å². The van der Waals surface area contributed by atoms with Gasteiger partial charge in [0.15, 0.2) is 0 Å². The zero-order valence-corrected chi connectivity index (χ0v) is 7.78. The van der Waals surface area contributed by atoms with Crippen molar-refractivity contribution >= 4 is 15.9 Å². The summed E-state index contributed by atoms with van der Waals surface area (Å²) in [4.78, 5) is 3.32. The fourth-order valence-electron chi connectivity index (χ4n) is 0.820. The summed E-state index contributed by atoms with van der Waals surface area (Å²) in [6, 6.07) is 0.434. The molecule has 0 saturated heterocycles. The molecule has 6 heteroatoms. The Hall–Kier alpha value is -0.650. The summed E-state index contributed by atoms with van der Waals surface area (Å²) in [7, 11) is 0. The maximum Gasteiger partial charge on any atom is 0.418 e. The minimum absolute atomic E-state index is 0.0534. The van der Waals surface area contributed by atoms with Crippen molar-refractivity contribution < 1.29 is 17.6 Å². The number of hydrogen-bond donors (Lipinski definition) is 0. The van der Waals surface area contributed by atoms with Crippen LogP contribution >= 0.6 is 15.9 Å². The molecule has 0 aliphatic carbocycles. The number of hydrogen-bond acceptors (Lipinski definition) is 1. The van der Waals surface area contributed by atoms with E-state index in [0.29, 0.717) is 6.07 Å². The number of alkyl halides is 4. The van der Waals surface area contributed by atoms with E-state index in [2.05, 4.69) is 20.9 Å². The molecule has 0 spiro atoms. The molecule has 0 bridgehead atoms. The van der Waals surface area contributed by atoms with E-state index in [4.69, 9.17) is 0 Å². The van der Waals surface area contributed by atoms with Crippen LogP contribution in [0.1, 0.15) is 11.3 Å². The van der Waals surface area contributed by atoms with Crippen LogP contribution in [-0.4, -0.2) is 4.98 Å². The molecule has 0 aromatic carbocycles. The Balaban J connectivity index is 3.24. The SMILES string of the molecule is Fc1cnc(CBr)c(C(F)(F)F)c1. The zero-order chi connectivity index (χ0) is 10.1. The van der Waals surface area contributed by atoms with Gasteiger partial charge in [0, 0.05) is 5.33 Å². The Kier molecular flexibility index (Phi) is 2.90. The second-order valence-electron chi connectivity index (χ2n) is 2.28. The van der Waals surface area contributed by atoms with Crippen LogP contribution in [0.5, 0.6) is 0 Å². The Morgan fingerprint density at radius 1 is 1.38 bits per heavy atom. The molecule has 0 saturated carbocycles. The van der Waals surface area contributed by atoms with Gasteiger partial charge in [-0.15, -0.1) is 0 Å². The third-order valence-corrected chi connectivity index (χ3v) is 1.90. The van der Waals surface area contributed by atoms with Crippen LogP contribution in [0.15, 0.2) is 12.3 Å². The van der Waals surface area contributed by atoms with Crippen LogP contribution in [0.4, 0.5) is 17.6 Å². The van der Waals surface area contributed by atoms with Crippen LogP contribution in [0, 0.1) is 5.82 Å². The zero-order valence-electron chi connectivity index (χ0n) is 6.20. The average molecular weight is 258 g/mol. The molecule has 13 heavy (non-hydrogen) atoms. The van der Waals surface area contributed by atoms with Crippen molar-refractivity contribution in [3.05, 3.63) is 29.3 Å². The summed E-state index contributed by atoms with van der Waals surface area (Å²) in [5.74, 6) is -0.989. The summed E-state index contributed by atoms with van der Waals surface area (Å²) < 4.78 is 49.0. The maximum atomic E-state index is 12.4. The summed E-state index contributed by atoms with van der Waals surface area (Å²) in [6.45, 7) is 0. The van der Waals surface area contributed by atoms with E-state index in [0.717, 1.165) is 6.20 Å². The highest BCUT2D eigenvalue weighted by Gasteiger charge is 2.34. The second kappa shape index (κ2) is 3.61. The Bertz CT molecular complexity index is 310. The first-order chi connectivity index (χ1) is 5.95. The monoisotopic (exact) mass is 257 g/mol. The number of aromatic nitrogens is 1. The van der Waals surface area contributed by atoms with Crippen LogP contribution in [0.25, 0.3) is 0 Å². The van der Waals surface area contributed by atoms with Gasteiger partial charge in [0.25, 0.3) is 0 Å². The van der Waals surface area contributed by atoms with E-state index in [1.165, 1.54) is 0 Å². The van der Waals surface area contributed by atoms with Gasteiger partial charge in [0.05, 0.1) is 17.5 Å². The minimum Gasteiger partial charge on any atom is -0.257 e. The molecule has 0 fully saturated rings. The molecule has 0 N–H and O–H groups in total. The Labute approximate surface area is 79.9 Å². The van der Waals surface area contributed by atoms with E-state index in [1.807, 2.05) is 0 Å². The highest BCUT2D eigenvalue weighted by molar-refractivity contribution is 9.08. The van der Waals surface area contributed by atoms with Crippen molar-refractivity contribution in [1.29, 1.82) is 0 Å². The maximum absolute atomic E-state index is 12.4. The Morgan fingerprint density at radius 3 is 2.46 bits per heavy atom. The van der Waals surface area contributed by atoms with Gasteiger partial charge in [-0.05, 0) is 6.07 Å². The molecule has 1 rings (SSSR count). The fraction of sp³-hybridized carbons (Fsp3) is 0.286. The lowest BCUT2D eigenvalue weighted by atomic mass is 10.2. The van der Waals surface area contributed by atoms with E-state index < -0.39 is 17.6 Å². The lowest BCUT2D eigenvalue weighted by Gasteiger charge is -2.09. The van der Waals surface area contributed by atoms with Gasteiger partial charge >= 0.3 is 6.18 Å². The van der Waals surface area contributed by atoms with Crippen LogP contribution in [0.2, 0.25) is 0 Å². The smallest absolute Gasteiger partial charge is 0.257 e. The van der Waals surface area contributed by atoms with Gasteiger partial charge in [-0.2, -0.15) is 13.2 Å². The molecular formula is C7H4BrF4N. The van der Waals surface area contributed by atoms with Gasteiger partial charge in [-0.3, -0.25) is 4.98 Å². The van der Waals surface area contributed by atoms with E-state index >= 15 is 0 Å². The third-order valence-electron chi connectivity index (χ3n) is 1.37. The van der Waals surface area contributed by atoms with Crippen molar-refractivity contribution in [1.82, 2.24) is 4.98 Å². The lowest BCUT2D eigenvalue weighted by Crippen LogP contribution is -2.10. The van der Waals surface area contributed by atoms with Gasteiger partial charge in [0.2, 0.25) is 0 Å². The predicted molar refractivity (Wildman–Crippen MR) is 41.8 cm³/mol. The normalized spacial score (nSPS) is 11.8. The highest BCUT2D eigenvalue weighted by atomic mass is 79.9. The molecule has 0 amide bonds. The van der Waals surface area contributed by atoms with Crippen molar-refractivity contribution in [2.24, 2.45) is 0 Å². The molecule has 0 aliphatic rings. The molecular weight excluding hydrogens is 254 g/mol. The van der Waals surface area contributed by atoms with Gasteiger partial charge in [-0.25, -0.2) is 4.39 Å². The summed E-state index contributed by atoms with van der Waals surface area (Å²) >= 11 is 2.84. The van der Waals surface area contributed by atoms with Crippen LogP contribution < -0.4 is 0 Å². The highest BCUT2D eigenvalue weighted by Crippen LogP contribution is 2.32. The van der Waals surface area contributed by atoms with Crippen LogP contribution in [-0.2, 0) is 11.5 Å². The first-order valence-corrected chi connectivity index (χ1v) is 4.35. The van der Waals surface area contributed by atoms with Crippen molar-refractivity contribution in [2.45, 2.75) is 11.5 Å². The van der Waals surface area contributed by atoms with E-state index in [-0.39, 0.29) is 11.0 Å². The molecule has 1 aromatic rings. The van der Waals surface area contributed by atoms with Gasteiger partial charge in [-0.1, -0.05) is 15.9 Å². The van der Waals surface area contributed by atoms with Gasteiger partial charge < -0.3 is 0 Å². The first-order valence-electron chi connectivity index (χ1n) is 3.22. The summed E-state index contributed by atoms with van der Waals surface area (Å²) in [5.41, 5.74) is -1.25. The number of nitrogens with zero attached hydrogens (tertiary/aromatic N) is 1. The lowest BCUT2D eigenvalue weighted by molar-refractivity contribution is -0.138. The molecule has 0 aliphatic heterocycles. The molecule has 1 nitrogen and oxygen atoms in total. The fourth-order valence-corrected chi connectivity index (χ4v) is 1.27.